The van der Waals surface area contributed by atoms with Crippen LogP contribution in [0.5, 0.6) is 0 Å². The molecule has 7 aromatic carbocycles. The Balaban J connectivity index is 1.19. The molecule has 9 rings (SSSR count). The van der Waals surface area contributed by atoms with Crippen molar-refractivity contribution in [2.75, 3.05) is 0 Å². The molecule has 0 saturated heterocycles. The molecule has 0 unspecified atom stereocenters. The molecule has 0 aliphatic rings. The van der Waals surface area contributed by atoms with Gasteiger partial charge in [0.05, 0.1) is 11.0 Å². The molecule has 0 fully saturated rings. The number of para-hydroxylation sites is 2. The molecule has 9 aromatic rings. The molecule has 0 radical (unpaired) electrons. The summed E-state index contributed by atoms with van der Waals surface area (Å²) in [5.41, 5.74) is 8.24. The smallest absolute Gasteiger partial charge is 0.181 e. The Labute approximate surface area is 293 Å². The summed E-state index contributed by atoms with van der Waals surface area (Å²) in [6.45, 7) is 0. The number of nitrogens with zero attached hydrogens (tertiary/aromatic N) is 2. The molecule has 2 nitrogen and oxygen atoms in total. The van der Waals surface area contributed by atoms with Crippen LogP contribution in [0.4, 0.5) is 0 Å². The summed E-state index contributed by atoms with van der Waals surface area (Å²) in [7, 11) is -2.69. The van der Waals surface area contributed by atoms with Crippen LogP contribution in [0.25, 0.3) is 49.7 Å². The fourth-order valence-electron chi connectivity index (χ4n) is 7.75. The zero-order valence-electron chi connectivity index (χ0n) is 27.5. The number of fused-ring (bicyclic) bond motifs is 3. The molecular formula is C47H34N2Si. The highest BCUT2D eigenvalue weighted by Gasteiger charge is 2.41. The van der Waals surface area contributed by atoms with Gasteiger partial charge in [-0.3, -0.25) is 4.98 Å². The first-order chi connectivity index (χ1) is 24.8. The first-order valence-electron chi connectivity index (χ1n) is 17.1. The summed E-state index contributed by atoms with van der Waals surface area (Å²) in [5, 5.41) is 7.79. The fourth-order valence-corrected chi connectivity index (χ4v) is 12.5. The normalized spacial score (nSPS) is 11.6. The molecule has 236 valence electrons. The Kier molecular flexibility index (Phi) is 7.53. The Morgan fingerprint density at radius 3 is 1.50 bits per heavy atom. The van der Waals surface area contributed by atoms with E-state index in [0.717, 1.165) is 11.1 Å². The maximum atomic E-state index is 4.94. The van der Waals surface area contributed by atoms with E-state index in [9.17, 15) is 0 Å². The summed E-state index contributed by atoms with van der Waals surface area (Å²) in [6, 6.07) is 70.6. The van der Waals surface area contributed by atoms with E-state index in [1.807, 2.05) is 6.20 Å². The molecule has 0 aliphatic heterocycles. The van der Waals surface area contributed by atoms with Crippen molar-refractivity contribution in [1.82, 2.24) is 9.55 Å². The van der Waals surface area contributed by atoms with Crippen LogP contribution in [0.1, 0.15) is 0 Å². The third-order valence-corrected chi connectivity index (χ3v) is 14.7. The molecule has 3 heteroatoms. The van der Waals surface area contributed by atoms with Gasteiger partial charge in [0.1, 0.15) is 0 Å². The van der Waals surface area contributed by atoms with Gasteiger partial charge in [0.25, 0.3) is 0 Å². The van der Waals surface area contributed by atoms with Crippen LogP contribution >= 0.6 is 0 Å². The summed E-state index contributed by atoms with van der Waals surface area (Å²) < 4.78 is 2.37. The monoisotopic (exact) mass is 654 g/mol. The molecule has 0 bridgehead atoms. The van der Waals surface area contributed by atoms with E-state index >= 15 is 0 Å². The van der Waals surface area contributed by atoms with E-state index in [0.29, 0.717) is 0 Å². The van der Waals surface area contributed by atoms with Crippen LogP contribution in [0, 0.1) is 0 Å². The Morgan fingerprint density at radius 1 is 0.340 bits per heavy atom. The van der Waals surface area contributed by atoms with Crippen molar-refractivity contribution in [3.8, 4) is 27.9 Å². The van der Waals surface area contributed by atoms with Gasteiger partial charge in [0, 0.05) is 28.9 Å². The predicted octanol–water partition coefficient (Wildman–Crippen LogP) is 8.89. The van der Waals surface area contributed by atoms with E-state index < -0.39 is 8.07 Å². The molecule has 50 heavy (non-hydrogen) atoms. The van der Waals surface area contributed by atoms with Gasteiger partial charge in [-0.15, -0.1) is 0 Å². The first-order valence-corrected chi connectivity index (χ1v) is 19.1. The molecule has 0 atom stereocenters. The van der Waals surface area contributed by atoms with Gasteiger partial charge in [-0.05, 0) is 79.4 Å². The van der Waals surface area contributed by atoms with E-state index in [1.54, 1.807) is 0 Å². The van der Waals surface area contributed by atoms with E-state index in [-0.39, 0.29) is 0 Å². The SMILES string of the molecule is c1ccc(-n2c3ccccc3c3cc(-c4cccc(-c5cncc([Si](c6ccccc6)(c6ccccc6)c6ccccc6)c5)c4)ccc32)cc1. The molecular weight excluding hydrogens is 621 g/mol. The third-order valence-electron chi connectivity index (χ3n) is 10.0. The van der Waals surface area contributed by atoms with E-state index in [2.05, 4.69) is 205 Å². The van der Waals surface area contributed by atoms with Crippen LogP contribution in [0.2, 0.25) is 0 Å². The Hall–Kier alpha value is -6.29. The largest absolute Gasteiger partial charge is 0.309 e. The van der Waals surface area contributed by atoms with Crippen LogP contribution < -0.4 is 20.7 Å². The highest BCUT2D eigenvalue weighted by molar-refractivity contribution is 7.19. The quantitative estimate of drug-likeness (QED) is 0.124. The lowest BCUT2D eigenvalue weighted by atomic mass is 9.98. The van der Waals surface area contributed by atoms with Crippen LogP contribution in [-0.2, 0) is 0 Å². The van der Waals surface area contributed by atoms with Crippen molar-refractivity contribution in [3.63, 3.8) is 0 Å². The van der Waals surface area contributed by atoms with E-state index in [1.165, 1.54) is 59.4 Å². The predicted molar refractivity (Wildman–Crippen MR) is 213 cm³/mol. The van der Waals surface area contributed by atoms with Gasteiger partial charge in [-0.25, -0.2) is 0 Å². The zero-order valence-corrected chi connectivity index (χ0v) is 28.5. The number of aromatic nitrogens is 2. The van der Waals surface area contributed by atoms with Crippen molar-refractivity contribution < 1.29 is 0 Å². The minimum Gasteiger partial charge on any atom is -0.309 e. The van der Waals surface area contributed by atoms with E-state index in [4.69, 9.17) is 4.98 Å². The molecule has 0 saturated carbocycles. The maximum absolute atomic E-state index is 4.94. The van der Waals surface area contributed by atoms with Gasteiger partial charge >= 0.3 is 0 Å². The minimum atomic E-state index is -2.69. The summed E-state index contributed by atoms with van der Waals surface area (Å²) in [5.74, 6) is 0. The van der Waals surface area contributed by atoms with Gasteiger partial charge in [0.15, 0.2) is 8.07 Å². The van der Waals surface area contributed by atoms with Gasteiger partial charge in [0.2, 0.25) is 0 Å². The third kappa shape index (κ3) is 4.99. The lowest BCUT2D eigenvalue weighted by Gasteiger charge is -2.34. The van der Waals surface area contributed by atoms with Gasteiger partial charge < -0.3 is 4.57 Å². The standard InChI is InChI=1S/C47H34N2Si/c1-5-18-39(19-6-1)49-46-27-14-13-26-44(46)45-32-37(28-29-47(45)49)35-16-15-17-36(30-35)38-31-43(34-48-33-38)50(40-20-7-2-8-21-40,41-22-9-3-10-23-41)42-24-11-4-12-25-42/h1-34H. The van der Waals surface area contributed by atoms with Gasteiger partial charge in [-0.1, -0.05) is 158 Å². The Morgan fingerprint density at radius 2 is 0.860 bits per heavy atom. The van der Waals surface area contributed by atoms with Crippen molar-refractivity contribution in [2.24, 2.45) is 0 Å². The maximum Gasteiger partial charge on any atom is 0.181 e. The number of hydrogen-bond acceptors (Lipinski definition) is 1. The van der Waals surface area contributed by atoms with Crippen LogP contribution in [-0.4, -0.2) is 17.6 Å². The molecule has 2 aromatic heterocycles. The van der Waals surface area contributed by atoms with Gasteiger partial charge in [-0.2, -0.15) is 0 Å². The average molecular weight is 655 g/mol. The average Bonchev–Trinajstić information content (AvgIpc) is 3.54. The van der Waals surface area contributed by atoms with Crippen molar-refractivity contribution in [2.45, 2.75) is 0 Å². The second-order valence-corrected chi connectivity index (χ2v) is 16.6. The molecule has 0 aliphatic carbocycles. The summed E-state index contributed by atoms with van der Waals surface area (Å²) in [4.78, 5) is 4.94. The summed E-state index contributed by atoms with van der Waals surface area (Å²) >= 11 is 0. The lowest BCUT2D eigenvalue weighted by molar-refractivity contribution is 1.18. The van der Waals surface area contributed by atoms with Crippen LogP contribution in [0.3, 0.4) is 0 Å². The molecule has 0 amide bonds. The number of hydrogen-bond donors (Lipinski definition) is 0. The fraction of sp³-hybridized carbons (Fsp3) is 0. The summed E-state index contributed by atoms with van der Waals surface area (Å²) in [6.07, 6.45) is 4.11. The number of rotatable bonds is 7. The topological polar surface area (TPSA) is 17.8 Å². The number of benzene rings is 7. The zero-order chi connectivity index (χ0) is 33.3. The Bertz CT molecular complexity index is 2480. The second kappa shape index (κ2) is 12.6. The van der Waals surface area contributed by atoms with Crippen LogP contribution in [0.15, 0.2) is 207 Å². The number of pyridine rings is 1. The minimum absolute atomic E-state index is 1.12. The second-order valence-electron chi connectivity index (χ2n) is 12.8. The lowest BCUT2D eigenvalue weighted by Crippen LogP contribution is -2.74. The molecule has 0 N–H and O–H groups in total. The van der Waals surface area contributed by atoms with Crippen molar-refractivity contribution in [1.29, 1.82) is 0 Å². The van der Waals surface area contributed by atoms with Crippen molar-refractivity contribution >= 4 is 50.6 Å². The molecule has 0 spiro atoms. The van der Waals surface area contributed by atoms with Crippen molar-refractivity contribution in [3.05, 3.63) is 207 Å². The highest BCUT2D eigenvalue weighted by atomic mass is 28.3. The molecule has 2 heterocycles. The highest BCUT2D eigenvalue weighted by Crippen LogP contribution is 2.35. The first kappa shape index (κ1) is 29.8.